The van der Waals surface area contributed by atoms with E-state index in [1.807, 2.05) is 37.3 Å². The first kappa shape index (κ1) is 22.9. The smallest absolute Gasteiger partial charge is 0.352 e. The van der Waals surface area contributed by atoms with Crippen LogP contribution in [0.25, 0.3) is 6.08 Å². The van der Waals surface area contributed by atoms with E-state index in [0.717, 1.165) is 5.56 Å². The van der Waals surface area contributed by atoms with Crippen molar-refractivity contribution in [2.75, 3.05) is 6.61 Å². The summed E-state index contributed by atoms with van der Waals surface area (Å²) in [4.78, 5) is 24.1. The number of nitrogens with one attached hydrogen (secondary N) is 1. The summed E-state index contributed by atoms with van der Waals surface area (Å²) in [5, 5.41) is 12.2. The Bertz CT molecular complexity index is 1110. The summed E-state index contributed by atoms with van der Waals surface area (Å²) < 4.78 is 11.5. The van der Waals surface area contributed by atoms with E-state index in [-0.39, 0.29) is 10.7 Å². The Kier molecular flexibility index (Phi) is 7.89. The van der Waals surface area contributed by atoms with Crippen LogP contribution in [-0.2, 0) is 11.4 Å². The van der Waals surface area contributed by atoms with Crippen molar-refractivity contribution >= 4 is 29.6 Å². The van der Waals surface area contributed by atoms with Crippen molar-refractivity contribution < 1.29 is 24.2 Å². The number of halogens is 1. The molecule has 3 rings (SSSR count). The lowest BCUT2D eigenvalue weighted by Crippen LogP contribution is -2.27. The van der Waals surface area contributed by atoms with Crippen LogP contribution in [0, 0.1) is 0 Å². The molecule has 0 spiro atoms. The van der Waals surface area contributed by atoms with Crippen LogP contribution in [0.1, 0.15) is 28.4 Å². The molecule has 0 radical (unpaired) electrons. The van der Waals surface area contributed by atoms with Crippen LogP contribution in [0.15, 0.2) is 78.5 Å². The van der Waals surface area contributed by atoms with Crippen molar-refractivity contribution in [3.8, 4) is 11.5 Å². The van der Waals surface area contributed by atoms with Crippen LogP contribution in [0.2, 0.25) is 5.02 Å². The Hall–Kier alpha value is -3.77. The van der Waals surface area contributed by atoms with Gasteiger partial charge in [-0.15, -0.1) is 0 Å². The van der Waals surface area contributed by atoms with Gasteiger partial charge in [0.25, 0.3) is 5.91 Å². The van der Waals surface area contributed by atoms with Gasteiger partial charge in [-0.1, -0.05) is 60.1 Å². The molecular formula is C25H22ClNO5. The summed E-state index contributed by atoms with van der Waals surface area (Å²) in [6.45, 7) is 2.48. The molecule has 3 aromatic rings. The molecule has 0 aliphatic heterocycles. The van der Waals surface area contributed by atoms with Crippen LogP contribution in [0.3, 0.4) is 0 Å². The zero-order valence-electron chi connectivity index (χ0n) is 17.4. The third kappa shape index (κ3) is 6.12. The lowest BCUT2D eigenvalue weighted by molar-refractivity contribution is -0.132. The minimum absolute atomic E-state index is 0.261. The minimum Gasteiger partial charge on any atom is -0.490 e. The molecule has 0 aliphatic carbocycles. The lowest BCUT2D eigenvalue weighted by atomic mass is 10.1. The van der Waals surface area contributed by atoms with Gasteiger partial charge in [-0.05, 0) is 48.4 Å². The van der Waals surface area contributed by atoms with Crippen molar-refractivity contribution in [1.82, 2.24) is 5.32 Å². The standard InChI is InChI=1S/C25H22ClNO5/c1-2-31-22-15-18(13-20(26)23(22)32-16-17-9-5-3-6-10-17)14-21(25(29)30)27-24(28)19-11-7-4-8-12-19/h3-15H,2,16H2,1H3,(H,27,28)(H,29,30)/b21-14+. The Morgan fingerprint density at radius 1 is 1.00 bits per heavy atom. The van der Waals surface area contributed by atoms with Gasteiger partial charge in [-0.2, -0.15) is 0 Å². The first-order valence-corrected chi connectivity index (χ1v) is 10.3. The number of carbonyl (C=O) groups excluding carboxylic acids is 1. The maximum atomic E-state index is 12.4. The summed E-state index contributed by atoms with van der Waals surface area (Å²) in [7, 11) is 0. The van der Waals surface area contributed by atoms with Gasteiger partial charge in [-0.25, -0.2) is 4.79 Å². The molecule has 1 amide bonds. The Morgan fingerprint density at radius 2 is 1.66 bits per heavy atom. The topological polar surface area (TPSA) is 84.9 Å². The third-order valence-corrected chi connectivity index (χ3v) is 4.66. The molecule has 0 unspecified atom stereocenters. The van der Waals surface area contributed by atoms with E-state index in [2.05, 4.69) is 5.32 Å². The maximum absolute atomic E-state index is 12.4. The molecule has 0 fully saturated rings. The van der Waals surface area contributed by atoms with Crippen LogP contribution in [0.5, 0.6) is 11.5 Å². The van der Waals surface area contributed by atoms with E-state index in [1.54, 1.807) is 42.5 Å². The number of carboxylic acids is 1. The molecule has 6 nitrogen and oxygen atoms in total. The van der Waals surface area contributed by atoms with Crippen LogP contribution in [-0.4, -0.2) is 23.6 Å². The summed E-state index contributed by atoms with van der Waals surface area (Å²) in [5.41, 5.74) is 1.45. The number of ether oxygens (including phenoxy) is 2. The number of benzene rings is 3. The molecule has 7 heteroatoms. The monoisotopic (exact) mass is 451 g/mol. The van der Waals surface area contributed by atoms with Crippen molar-refractivity contribution in [2.45, 2.75) is 13.5 Å². The number of aliphatic carboxylic acids is 1. The normalized spacial score (nSPS) is 11.0. The largest absolute Gasteiger partial charge is 0.490 e. The van der Waals surface area contributed by atoms with Gasteiger partial charge in [0.2, 0.25) is 0 Å². The van der Waals surface area contributed by atoms with Gasteiger partial charge in [-0.3, -0.25) is 4.79 Å². The molecule has 0 aromatic heterocycles. The van der Waals surface area contributed by atoms with E-state index in [0.29, 0.717) is 35.8 Å². The lowest BCUT2D eigenvalue weighted by Gasteiger charge is -2.15. The molecular weight excluding hydrogens is 430 g/mol. The number of carboxylic acid groups (broad SMARTS) is 1. The number of hydrogen-bond donors (Lipinski definition) is 2. The van der Waals surface area contributed by atoms with E-state index in [9.17, 15) is 14.7 Å². The SMILES string of the molecule is CCOc1cc(/C=C(/NC(=O)c2ccccc2)C(=O)O)cc(Cl)c1OCc1ccccc1. The van der Waals surface area contributed by atoms with Crippen LogP contribution < -0.4 is 14.8 Å². The number of hydrogen-bond acceptors (Lipinski definition) is 4. The van der Waals surface area contributed by atoms with Gasteiger partial charge in [0.05, 0.1) is 11.6 Å². The molecule has 0 aliphatic rings. The molecule has 0 saturated heterocycles. The van der Waals surface area contributed by atoms with E-state index >= 15 is 0 Å². The van der Waals surface area contributed by atoms with Gasteiger partial charge in [0.1, 0.15) is 12.3 Å². The predicted molar refractivity (Wildman–Crippen MR) is 123 cm³/mol. The Morgan fingerprint density at radius 3 is 2.28 bits per heavy atom. The zero-order valence-corrected chi connectivity index (χ0v) is 18.1. The second kappa shape index (κ2) is 11.0. The summed E-state index contributed by atoms with van der Waals surface area (Å²) in [6, 6.07) is 21.1. The molecule has 32 heavy (non-hydrogen) atoms. The van der Waals surface area contributed by atoms with Crippen molar-refractivity contribution in [2.24, 2.45) is 0 Å². The minimum atomic E-state index is -1.28. The molecule has 0 saturated carbocycles. The molecule has 0 bridgehead atoms. The van der Waals surface area contributed by atoms with Crippen LogP contribution in [0.4, 0.5) is 0 Å². The molecule has 164 valence electrons. The molecule has 3 aromatic carbocycles. The highest BCUT2D eigenvalue weighted by atomic mass is 35.5. The molecule has 2 N–H and O–H groups in total. The highest BCUT2D eigenvalue weighted by Gasteiger charge is 2.16. The van der Waals surface area contributed by atoms with Crippen molar-refractivity contribution in [3.63, 3.8) is 0 Å². The van der Waals surface area contributed by atoms with Crippen LogP contribution >= 0.6 is 11.6 Å². The molecule has 0 heterocycles. The Labute approximate surface area is 191 Å². The second-order valence-electron chi connectivity index (χ2n) is 6.72. The maximum Gasteiger partial charge on any atom is 0.352 e. The third-order valence-electron chi connectivity index (χ3n) is 4.38. The van der Waals surface area contributed by atoms with E-state index < -0.39 is 11.9 Å². The van der Waals surface area contributed by atoms with Gasteiger partial charge in [0.15, 0.2) is 11.5 Å². The fourth-order valence-corrected chi connectivity index (χ4v) is 3.18. The van der Waals surface area contributed by atoms with Crippen molar-refractivity contribution in [1.29, 1.82) is 0 Å². The fourth-order valence-electron chi connectivity index (χ4n) is 2.91. The number of carbonyl (C=O) groups is 2. The fraction of sp³-hybridized carbons (Fsp3) is 0.120. The molecule has 0 atom stereocenters. The van der Waals surface area contributed by atoms with Crippen molar-refractivity contribution in [3.05, 3.63) is 100 Å². The quantitative estimate of drug-likeness (QED) is 0.438. The first-order chi connectivity index (χ1) is 15.5. The predicted octanol–water partition coefficient (Wildman–Crippen LogP) is 5.17. The van der Waals surface area contributed by atoms with E-state index in [4.69, 9.17) is 21.1 Å². The van der Waals surface area contributed by atoms with Gasteiger partial charge >= 0.3 is 5.97 Å². The Balaban J connectivity index is 1.87. The van der Waals surface area contributed by atoms with Gasteiger partial charge < -0.3 is 19.9 Å². The summed E-state index contributed by atoms with van der Waals surface area (Å²) >= 11 is 6.43. The van der Waals surface area contributed by atoms with E-state index in [1.165, 1.54) is 6.08 Å². The zero-order chi connectivity index (χ0) is 22.9. The highest BCUT2D eigenvalue weighted by Crippen LogP contribution is 2.37. The average Bonchev–Trinajstić information content (AvgIpc) is 2.79. The summed E-state index contributed by atoms with van der Waals surface area (Å²) in [6.07, 6.45) is 1.32. The summed E-state index contributed by atoms with van der Waals surface area (Å²) in [5.74, 6) is -1.08. The highest BCUT2D eigenvalue weighted by molar-refractivity contribution is 6.32. The first-order valence-electron chi connectivity index (χ1n) is 9.92. The van der Waals surface area contributed by atoms with Gasteiger partial charge in [0, 0.05) is 5.56 Å². The number of amides is 1. The second-order valence-corrected chi connectivity index (χ2v) is 7.13. The number of rotatable bonds is 9. The average molecular weight is 452 g/mol.